The van der Waals surface area contributed by atoms with E-state index in [1.54, 1.807) is 28.4 Å². The van der Waals surface area contributed by atoms with Gasteiger partial charge < -0.3 is 113 Å². The van der Waals surface area contributed by atoms with Crippen LogP contribution in [0, 0.1) is 0 Å². The van der Waals surface area contributed by atoms with Crippen LogP contribution in [-0.2, 0) is 138 Å². The summed E-state index contributed by atoms with van der Waals surface area (Å²) in [6.07, 6.45) is 2.53. The highest BCUT2D eigenvalue weighted by Gasteiger charge is 2.45. The number of hydrogen-bond acceptors (Lipinski definition) is 32. The molecule has 2 N–H and O–H groups in total. The van der Waals surface area contributed by atoms with Gasteiger partial charge in [0.15, 0.2) is 27.2 Å². The van der Waals surface area contributed by atoms with E-state index in [1.165, 1.54) is 0 Å². The van der Waals surface area contributed by atoms with Crippen LogP contribution < -0.4 is 29.6 Å². The van der Waals surface area contributed by atoms with Gasteiger partial charge in [-0.3, -0.25) is 47.4 Å². The van der Waals surface area contributed by atoms with Crippen molar-refractivity contribution < 1.29 is 130 Å². The molecule has 4 aromatic carbocycles. The normalized spacial score (nSPS) is 13.7. The van der Waals surface area contributed by atoms with Gasteiger partial charge >= 0.3 is 30.4 Å². The zero-order valence-corrected chi connectivity index (χ0v) is 92.4. The molecule has 0 aromatic heterocycles. The Labute approximate surface area is 827 Å². The molecule has 0 aliphatic heterocycles. The Morgan fingerprint density at radius 1 is 0.290 bits per heavy atom. The number of ether oxygens (including phenoxy) is 14. The van der Waals surface area contributed by atoms with Crippen LogP contribution in [-0.4, -0.2) is 275 Å². The first kappa shape index (κ1) is 125. The Morgan fingerprint density at radius 2 is 0.514 bits per heavy atom. The van der Waals surface area contributed by atoms with Crippen LogP contribution in [0.3, 0.4) is 0 Å². The third kappa shape index (κ3) is 58.9. The van der Waals surface area contributed by atoms with Crippen LogP contribution >= 0.6 is 30.4 Å². The minimum atomic E-state index is -4.08. The average molecular weight is 2030 g/mol. The molecule has 0 radical (unpaired) electrons. The maximum atomic E-state index is 15.8. The largest absolute Gasteiger partial charge is 0.467 e. The van der Waals surface area contributed by atoms with Gasteiger partial charge in [0.2, 0.25) is 11.8 Å². The summed E-state index contributed by atoms with van der Waals surface area (Å²) >= 11 is 0. The third-order valence-electron chi connectivity index (χ3n) is 19.0. The molecule has 0 aliphatic carbocycles. The van der Waals surface area contributed by atoms with Crippen LogP contribution in [0.2, 0.25) is 0 Å². The topological polar surface area (TPSA) is 342 Å². The van der Waals surface area contributed by atoms with E-state index >= 15 is 18.3 Å². The summed E-state index contributed by atoms with van der Waals surface area (Å²) in [7, 11) is -9.84. The summed E-state index contributed by atoms with van der Waals surface area (Å²) in [6, 6.07) is 29.3. The van der Waals surface area contributed by atoms with Gasteiger partial charge in [0.05, 0.1) is 124 Å². The molecule has 0 saturated heterocycles. The predicted octanol–water partition coefficient (Wildman–Crippen LogP) is 20.2. The molecule has 4 rings (SSSR count). The molecule has 0 saturated carbocycles. The van der Waals surface area contributed by atoms with Crippen LogP contribution in [0.15, 0.2) is 97.1 Å². The van der Waals surface area contributed by atoms with Crippen molar-refractivity contribution >= 4 is 42.2 Å². The third-order valence-corrected chi connectivity index (χ3v) is 28.5. The van der Waals surface area contributed by atoms with Crippen LogP contribution in [0.5, 0.6) is 23.0 Å². The fourth-order valence-electron chi connectivity index (χ4n) is 14.4. The Kier molecular flexibility index (Phi) is 56.4. The number of rotatable bonds is 73. The molecule has 794 valence electrons. The van der Waals surface area contributed by atoms with E-state index in [4.69, 9.17) is 103 Å². The maximum absolute atomic E-state index is 15.8. The van der Waals surface area contributed by atoms with Gasteiger partial charge in [0.1, 0.15) is 48.1 Å². The second kappa shape index (κ2) is 62.1. The highest BCUT2D eigenvalue weighted by Crippen LogP contribution is 2.60. The van der Waals surface area contributed by atoms with Gasteiger partial charge in [-0.15, -0.1) is 0 Å². The fraction of sp³-hybridized carbons (Fsp3) is 0.740. The summed E-state index contributed by atoms with van der Waals surface area (Å²) in [5.74, 6) is 1.72. The lowest BCUT2D eigenvalue weighted by Gasteiger charge is -2.41. The van der Waals surface area contributed by atoms with Crippen molar-refractivity contribution in [2.24, 2.45) is 0 Å². The summed E-state index contributed by atoms with van der Waals surface area (Å²) < 4.78 is 196. The van der Waals surface area contributed by atoms with Gasteiger partial charge in [0.25, 0.3) is 0 Å². The summed E-state index contributed by atoms with van der Waals surface area (Å²) in [5, 5.41) is 6.16. The van der Waals surface area contributed by atoms with Gasteiger partial charge in [-0.25, -0.2) is 0 Å². The van der Waals surface area contributed by atoms with Crippen molar-refractivity contribution in [1.82, 2.24) is 30.2 Å². The Bertz CT molecular complexity index is 3910. The highest BCUT2D eigenvalue weighted by molar-refractivity contribution is 7.54. The number of methoxy groups -OCH3 is 4. The number of nitrogens with zero attached hydrogens (tertiary/aromatic N) is 4. The van der Waals surface area contributed by atoms with E-state index in [9.17, 15) is 9.59 Å². The number of nitrogens with one attached hydrogen (secondary N) is 2. The van der Waals surface area contributed by atoms with Gasteiger partial charge in [-0.05, 0) is 216 Å². The predicted molar refractivity (Wildman–Crippen MR) is 540 cm³/mol. The lowest BCUT2D eigenvalue weighted by Crippen LogP contribution is -2.45. The number of carbonyl (C=O) groups excluding carboxylic acids is 2. The lowest BCUT2D eigenvalue weighted by molar-refractivity contribution is -0.123. The van der Waals surface area contributed by atoms with E-state index in [0.717, 1.165) is 22.3 Å². The number of hydrogen-bond donors (Lipinski definition) is 2. The smallest absolute Gasteiger partial charge is 0.345 e. The Balaban J connectivity index is 1.60. The molecule has 0 heterocycles. The quantitative estimate of drug-likeness (QED) is 0.0235. The van der Waals surface area contributed by atoms with Gasteiger partial charge in [-0.2, -0.15) is 0 Å². The molecule has 0 unspecified atom stereocenters. The minimum Gasteiger partial charge on any atom is -0.467 e. The van der Waals surface area contributed by atoms with E-state index in [2.05, 4.69) is 20.4 Å². The second-order valence-electron chi connectivity index (χ2n) is 42.0. The molecule has 2 atom stereocenters. The van der Waals surface area contributed by atoms with Crippen molar-refractivity contribution in [3.05, 3.63) is 119 Å². The average Bonchev–Trinajstić information content (AvgIpc) is 0.805. The fourth-order valence-corrected chi connectivity index (χ4v) is 24.7. The number of carbonyl (C=O) groups is 2. The molecule has 0 fully saturated rings. The Morgan fingerprint density at radius 3 is 0.754 bits per heavy atom. The molecule has 0 spiro atoms. The monoisotopic (exact) mass is 2030 g/mol. The molecule has 138 heavy (non-hydrogen) atoms. The van der Waals surface area contributed by atoms with Crippen molar-refractivity contribution in [1.29, 1.82) is 0 Å². The molecule has 38 heteroatoms. The van der Waals surface area contributed by atoms with Crippen molar-refractivity contribution in [2.75, 3.05) is 186 Å². The SMILES string of the molecule is COCCOCOc1ccccc1CN(C[C@H](CCCCNC(=O)CCOCCOCCC(=O)NCCCC[C@@H](CN(Cc1ccccc1OCOCCOC)CP(=O)(OC(C)(C)C)OC(C)(C)C)N(Cc1ccccc1OCOCCOC)CP(=O)(OC(C)(C)C)OC(C)(C)C)N(Cc1ccccc1OCOCCOC)CP(=O)(OC(C)(C)C)OC(C)(C)C)CP(=O)(OC(C)(C)C)OC(C)(C)C. The number of benzene rings is 4. The van der Waals surface area contributed by atoms with Gasteiger partial charge in [-0.1, -0.05) is 85.6 Å². The molecule has 4 aromatic rings. The zero-order valence-electron chi connectivity index (χ0n) is 88.9. The van der Waals surface area contributed by atoms with E-state index in [1.807, 2.05) is 273 Å². The first-order chi connectivity index (χ1) is 64.4. The van der Waals surface area contributed by atoms with E-state index < -0.39 is 87.3 Å². The number of amides is 2. The zero-order chi connectivity index (χ0) is 103. The van der Waals surface area contributed by atoms with Crippen molar-refractivity contribution in [3.63, 3.8) is 0 Å². The van der Waals surface area contributed by atoms with Crippen LogP contribution in [0.25, 0.3) is 0 Å². The standard InChI is InChI=1S/C100H176N6O28P4/c1-93(2,3)127-135(109,128-94(4,5)6)73-103(67-81-41-29-33-47-87(81)123-77-119-61-57-113-25)71-85(105(75-137(111,131-97(13,14)15)132-98(16,17)18)69-83-43-31-35-49-89(83)125-79-121-63-59-115-27)45-37-39-53-101-91(107)51-55-117-65-66-118-56-52-92(108)102-54-40-38-46-86(106(76-138(112,133-99(19,20)21)134-100(22,23)24)70-84-44-32-36-50-90(84)126-80-122-64-60-116-28)72-104(74-136(110,129-95(7,8)9)130-96(10,11)12)68-82-42-30-34-48-88(82)124-78-120-62-58-114-26/h29-36,41-44,47-50,85-86H,37-40,45-46,51-80H2,1-28H3,(H,101,107)(H,102,108)/t85-,86-/m0/s1. The molecule has 0 bridgehead atoms. The van der Waals surface area contributed by atoms with Crippen molar-refractivity contribution in [2.45, 2.75) is 301 Å². The van der Waals surface area contributed by atoms with E-state index in [0.29, 0.717) is 127 Å². The van der Waals surface area contributed by atoms with Crippen LogP contribution in [0.1, 0.15) is 240 Å². The summed E-state index contributed by atoms with van der Waals surface area (Å²) in [6.45, 7) is 49.0. The molecular weight excluding hydrogens is 1860 g/mol. The second-order valence-corrected chi connectivity index (χ2v) is 49.4. The summed E-state index contributed by atoms with van der Waals surface area (Å²) in [5.41, 5.74) is -4.24. The molecule has 34 nitrogen and oxygen atoms in total. The molecule has 0 aliphatic rings. The lowest BCUT2D eigenvalue weighted by atomic mass is 10.1. The molecule has 2 amide bonds. The van der Waals surface area contributed by atoms with Crippen molar-refractivity contribution in [3.8, 4) is 23.0 Å². The van der Waals surface area contributed by atoms with E-state index in [-0.39, 0.29) is 143 Å². The number of unbranched alkanes of at least 4 members (excludes halogenated alkanes) is 2. The van der Waals surface area contributed by atoms with Gasteiger partial charge in [0, 0.05) is 128 Å². The first-order valence-corrected chi connectivity index (χ1v) is 55.1. The highest BCUT2D eigenvalue weighted by atomic mass is 31.2. The maximum Gasteiger partial charge on any atom is 0.345 e. The summed E-state index contributed by atoms with van der Waals surface area (Å²) in [4.78, 5) is 35.5. The number of para-hydroxylation sites is 4. The van der Waals surface area contributed by atoms with Crippen LogP contribution in [0.4, 0.5) is 0 Å². The minimum absolute atomic E-state index is 0.0557. The molecular formula is C100H176N6O28P4. The Hall–Kier alpha value is -4.94. The first-order valence-electron chi connectivity index (χ1n) is 48.2.